The van der Waals surface area contributed by atoms with Crippen molar-refractivity contribution in [3.8, 4) is 22.9 Å². The number of anilines is 1. The fourth-order valence-electron chi connectivity index (χ4n) is 5.87. The van der Waals surface area contributed by atoms with E-state index in [0.717, 1.165) is 36.0 Å². The van der Waals surface area contributed by atoms with E-state index in [1.54, 1.807) is 35.5 Å². The minimum atomic E-state index is -4.17. The highest BCUT2D eigenvalue weighted by molar-refractivity contribution is 7.92. The normalized spacial score (nSPS) is 18.1. The standard InChI is InChI=1S/C35H40N6O5S/c1-22-9-6-10-23(2)32(22)29-16-31-39-34(38-29)40-47(43,44)28-14-7-11-24(15-28)33(42)41(25(21-45-31)17-35(3,4)5)20-30-36-18-27(19-37-30)46-26-12-8-13-26/h6-7,9-11,14-16,18-19,25-26H,8,12-13,17,20-21H2,1-5H3,(H,38,39,40)/t25-/m1/s1. The van der Waals surface area contributed by atoms with Crippen LogP contribution >= 0.6 is 0 Å². The van der Waals surface area contributed by atoms with Gasteiger partial charge in [0.25, 0.3) is 15.9 Å². The number of carbonyl (C=O) groups excluding carboxylic acids is 1. The molecule has 246 valence electrons. The SMILES string of the molecule is Cc1cccc(C)c1-c1cc2nc(n1)NS(=O)(=O)c1cccc(c1)C(=O)N(Cc1ncc(OC3CCC3)cn1)[C@H](CC(C)(C)C)CO2. The number of nitrogens with zero attached hydrogens (tertiary/aromatic N) is 5. The number of hydrogen-bond acceptors (Lipinski definition) is 9. The van der Waals surface area contributed by atoms with Crippen molar-refractivity contribution < 1.29 is 22.7 Å². The van der Waals surface area contributed by atoms with Gasteiger partial charge in [0, 0.05) is 17.2 Å². The minimum Gasteiger partial charge on any atom is -0.487 e. The Morgan fingerprint density at radius 2 is 1.70 bits per heavy atom. The van der Waals surface area contributed by atoms with Gasteiger partial charge in [0.2, 0.25) is 11.8 Å². The molecule has 3 heterocycles. The van der Waals surface area contributed by atoms with Crippen LogP contribution in [0.25, 0.3) is 11.3 Å². The number of hydrogen-bond donors (Lipinski definition) is 1. The predicted molar refractivity (Wildman–Crippen MR) is 178 cm³/mol. The number of carbonyl (C=O) groups is 1. The largest absolute Gasteiger partial charge is 0.487 e. The molecule has 1 aliphatic carbocycles. The van der Waals surface area contributed by atoms with Gasteiger partial charge in [-0.2, -0.15) is 4.98 Å². The molecule has 11 nitrogen and oxygen atoms in total. The summed E-state index contributed by atoms with van der Waals surface area (Å²) in [5.41, 5.74) is 3.33. The lowest BCUT2D eigenvalue weighted by atomic mass is 9.87. The third kappa shape index (κ3) is 7.54. The van der Waals surface area contributed by atoms with Gasteiger partial charge in [-0.05, 0) is 74.3 Å². The average molecular weight is 657 g/mol. The molecule has 1 N–H and O–H groups in total. The second-order valence-electron chi connectivity index (χ2n) is 13.5. The van der Waals surface area contributed by atoms with Gasteiger partial charge in [0.15, 0.2) is 5.75 Å². The lowest BCUT2D eigenvalue weighted by Gasteiger charge is -2.35. The molecule has 6 rings (SSSR count). The zero-order valence-corrected chi connectivity index (χ0v) is 28.2. The second kappa shape index (κ2) is 12.9. The lowest BCUT2D eigenvalue weighted by molar-refractivity contribution is 0.0505. The maximum absolute atomic E-state index is 14.3. The van der Waals surface area contributed by atoms with Crippen molar-refractivity contribution >= 4 is 21.9 Å². The molecule has 4 aromatic rings. The molecule has 0 saturated heterocycles. The van der Waals surface area contributed by atoms with Gasteiger partial charge in [-0.3, -0.25) is 4.79 Å². The van der Waals surface area contributed by atoms with E-state index in [0.29, 0.717) is 23.7 Å². The number of rotatable bonds is 6. The quantitative estimate of drug-likeness (QED) is 0.260. The molecule has 2 aromatic carbocycles. The highest BCUT2D eigenvalue weighted by atomic mass is 32.2. The van der Waals surface area contributed by atoms with Crippen molar-refractivity contribution in [2.45, 2.75) is 83.9 Å². The summed E-state index contributed by atoms with van der Waals surface area (Å²) in [4.78, 5) is 34.0. The summed E-state index contributed by atoms with van der Waals surface area (Å²) in [6.45, 7) is 10.4. The Labute approximate surface area is 275 Å². The molecule has 0 radical (unpaired) electrons. The van der Waals surface area contributed by atoms with Crippen LogP contribution in [0, 0.1) is 19.3 Å². The molecule has 1 amide bonds. The van der Waals surface area contributed by atoms with E-state index in [9.17, 15) is 13.2 Å². The van der Waals surface area contributed by atoms with Crippen molar-refractivity contribution in [3.63, 3.8) is 0 Å². The number of aromatic nitrogens is 4. The van der Waals surface area contributed by atoms with E-state index in [1.165, 1.54) is 12.1 Å². The van der Waals surface area contributed by atoms with Crippen LogP contribution in [0.2, 0.25) is 0 Å². The fraction of sp³-hybridized carbons (Fsp3) is 0.400. The molecule has 12 heteroatoms. The number of amides is 1. The Balaban J connectivity index is 1.43. The Morgan fingerprint density at radius 3 is 2.36 bits per heavy atom. The number of fused-ring (bicyclic) bond motifs is 4. The number of sulfonamides is 1. The van der Waals surface area contributed by atoms with Crippen molar-refractivity contribution in [2.24, 2.45) is 5.41 Å². The molecule has 1 atom stereocenters. The molecule has 4 bridgehead atoms. The van der Waals surface area contributed by atoms with Crippen molar-refractivity contribution in [1.82, 2.24) is 24.8 Å². The summed E-state index contributed by atoms with van der Waals surface area (Å²) in [6.07, 6.45) is 7.22. The van der Waals surface area contributed by atoms with Crippen LogP contribution in [0.5, 0.6) is 11.6 Å². The third-order valence-corrected chi connectivity index (χ3v) is 9.70. The zero-order valence-electron chi connectivity index (χ0n) is 27.4. The van der Waals surface area contributed by atoms with Crippen molar-refractivity contribution in [1.29, 1.82) is 0 Å². The number of aryl methyl sites for hydroxylation is 2. The van der Waals surface area contributed by atoms with E-state index in [-0.39, 0.29) is 52.9 Å². The summed E-state index contributed by atoms with van der Waals surface area (Å²) in [6, 6.07) is 13.1. The molecular formula is C35H40N6O5S. The van der Waals surface area contributed by atoms with Crippen molar-refractivity contribution in [2.75, 3.05) is 11.3 Å². The first kappa shape index (κ1) is 32.4. The first-order valence-electron chi connectivity index (χ1n) is 15.8. The summed E-state index contributed by atoms with van der Waals surface area (Å²) >= 11 is 0. The van der Waals surface area contributed by atoms with Gasteiger partial charge in [-0.1, -0.05) is 45.0 Å². The molecule has 0 spiro atoms. The van der Waals surface area contributed by atoms with E-state index in [2.05, 4.69) is 45.4 Å². The van der Waals surface area contributed by atoms with Crippen LogP contribution in [0.4, 0.5) is 5.95 Å². The first-order valence-corrected chi connectivity index (χ1v) is 17.3. The van der Waals surface area contributed by atoms with Crippen LogP contribution in [0.3, 0.4) is 0 Å². The molecule has 47 heavy (non-hydrogen) atoms. The molecule has 2 aliphatic rings. The van der Waals surface area contributed by atoms with E-state index >= 15 is 0 Å². The maximum atomic E-state index is 14.3. The fourth-order valence-corrected chi connectivity index (χ4v) is 6.85. The summed E-state index contributed by atoms with van der Waals surface area (Å²) < 4.78 is 42.1. The second-order valence-corrected chi connectivity index (χ2v) is 15.2. The molecule has 1 saturated carbocycles. The monoisotopic (exact) mass is 656 g/mol. The molecular weight excluding hydrogens is 616 g/mol. The Hall–Kier alpha value is -4.58. The Bertz CT molecular complexity index is 1870. The molecule has 2 aromatic heterocycles. The summed E-state index contributed by atoms with van der Waals surface area (Å²) in [7, 11) is -4.17. The number of benzene rings is 2. The lowest BCUT2D eigenvalue weighted by Crippen LogP contribution is -2.45. The highest BCUT2D eigenvalue weighted by Crippen LogP contribution is 2.32. The molecule has 0 unspecified atom stereocenters. The Kier molecular flexibility index (Phi) is 8.88. The van der Waals surface area contributed by atoms with Gasteiger partial charge in [0.05, 0.1) is 41.7 Å². The third-order valence-electron chi connectivity index (χ3n) is 8.38. The predicted octanol–water partition coefficient (Wildman–Crippen LogP) is 6.12. The molecule has 1 fully saturated rings. The van der Waals surface area contributed by atoms with Gasteiger partial charge in [-0.25, -0.2) is 28.1 Å². The van der Waals surface area contributed by atoms with Crippen molar-refractivity contribution in [3.05, 3.63) is 83.4 Å². The summed E-state index contributed by atoms with van der Waals surface area (Å²) in [5, 5.41) is 0. The highest BCUT2D eigenvalue weighted by Gasteiger charge is 2.32. The summed E-state index contributed by atoms with van der Waals surface area (Å²) in [5.74, 6) is 0.703. The topological polar surface area (TPSA) is 136 Å². The van der Waals surface area contributed by atoms with E-state index < -0.39 is 16.1 Å². The van der Waals surface area contributed by atoms with E-state index in [4.69, 9.17) is 9.47 Å². The maximum Gasteiger partial charge on any atom is 0.264 e. The zero-order chi connectivity index (χ0) is 33.3. The van der Waals surface area contributed by atoms with Gasteiger partial charge >= 0.3 is 0 Å². The number of ether oxygens (including phenoxy) is 2. The van der Waals surface area contributed by atoms with Gasteiger partial charge < -0.3 is 14.4 Å². The average Bonchev–Trinajstić information content (AvgIpc) is 2.99. The molecule has 1 aliphatic heterocycles. The van der Waals surface area contributed by atoms with Gasteiger partial charge in [0.1, 0.15) is 12.4 Å². The van der Waals surface area contributed by atoms with Crippen LogP contribution in [-0.2, 0) is 16.6 Å². The van der Waals surface area contributed by atoms with Gasteiger partial charge in [-0.15, -0.1) is 0 Å². The first-order chi connectivity index (χ1) is 22.3. The van der Waals surface area contributed by atoms with Crippen LogP contribution < -0.4 is 14.2 Å². The van der Waals surface area contributed by atoms with Crippen LogP contribution in [0.1, 0.15) is 73.8 Å². The van der Waals surface area contributed by atoms with E-state index in [1.807, 2.05) is 32.0 Å². The smallest absolute Gasteiger partial charge is 0.264 e. The van der Waals surface area contributed by atoms with Crippen LogP contribution in [-0.4, -0.2) is 57.9 Å². The Morgan fingerprint density at radius 1 is 1.00 bits per heavy atom. The van der Waals surface area contributed by atoms with Crippen LogP contribution in [0.15, 0.2) is 65.8 Å². The minimum absolute atomic E-state index is 0.0740. The number of nitrogens with one attached hydrogen (secondary N) is 1.